The van der Waals surface area contributed by atoms with Gasteiger partial charge in [0.2, 0.25) is 0 Å². The molecule has 1 aromatic rings. The molecule has 0 aliphatic heterocycles. The highest BCUT2D eigenvalue weighted by molar-refractivity contribution is 5.82. The maximum atomic E-state index is 12.7. The molecule has 0 fully saturated rings. The summed E-state index contributed by atoms with van der Waals surface area (Å²) in [6.45, 7) is 9.73. The number of unbranched alkanes of at least 4 members (excludes halogenated alkanes) is 1. The van der Waals surface area contributed by atoms with Crippen molar-refractivity contribution in [3.63, 3.8) is 0 Å². The predicted molar refractivity (Wildman–Crippen MR) is 98.9 cm³/mol. The van der Waals surface area contributed by atoms with E-state index in [4.69, 9.17) is 9.47 Å². The summed E-state index contributed by atoms with van der Waals surface area (Å²) in [6.07, 6.45) is 3.04. The van der Waals surface area contributed by atoms with Gasteiger partial charge in [0.05, 0.1) is 11.8 Å². The van der Waals surface area contributed by atoms with Gasteiger partial charge in [-0.1, -0.05) is 57.0 Å². The predicted octanol–water partition coefficient (Wildman–Crippen LogP) is 4.90. The van der Waals surface area contributed by atoms with Gasteiger partial charge < -0.3 is 9.47 Å². The van der Waals surface area contributed by atoms with Gasteiger partial charge in [0, 0.05) is 0 Å². The summed E-state index contributed by atoms with van der Waals surface area (Å²) in [5.74, 6) is -1.54. The molecule has 140 valence electrons. The van der Waals surface area contributed by atoms with Gasteiger partial charge >= 0.3 is 11.9 Å². The van der Waals surface area contributed by atoms with Crippen LogP contribution in [0.25, 0.3) is 0 Å². The maximum absolute atomic E-state index is 12.7. The number of hydrogen-bond acceptors (Lipinski definition) is 4. The molecule has 0 aliphatic carbocycles. The monoisotopic (exact) mass is 348 g/mol. The van der Waals surface area contributed by atoms with Crippen LogP contribution in [0, 0.1) is 11.8 Å². The van der Waals surface area contributed by atoms with E-state index in [1.807, 2.05) is 58.0 Å². The molecule has 0 N–H and O–H groups in total. The molecule has 0 aromatic heterocycles. The zero-order valence-corrected chi connectivity index (χ0v) is 16.2. The van der Waals surface area contributed by atoms with Gasteiger partial charge in [-0.2, -0.15) is 0 Å². The largest absolute Gasteiger partial charge is 0.461 e. The third-order valence-corrected chi connectivity index (χ3v) is 4.03. The van der Waals surface area contributed by atoms with Crippen LogP contribution < -0.4 is 0 Å². The Morgan fingerprint density at radius 3 is 2.16 bits per heavy atom. The molecule has 0 radical (unpaired) electrons. The molecule has 2 atom stereocenters. The van der Waals surface area contributed by atoms with E-state index in [9.17, 15) is 9.59 Å². The van der Waals surface area contributed by atoms with Crippen LogP contribution >= 0.6 is 0 Å². The third-order valence-electron chi connectivity index (χ3n) is 4.03. The van der Waals surface area contributed by atoms with E-state index in [0.717, 1.165) is 18.4 Å². The van der Waals surface area contributed by atoms with E-state index < -0.39 is 17.4 Å². The molecule has 0 spiro atoms. The fourth-order valence-electron chi connectivity index (χ4n) is 2.74. The van der Waals surface area contributed by atoms with Crippen molar-refractivity contribution in [3.8, 4) is 0 Å². The summed E-state index contributed by atoms with van der Waals surface area (Å²) >= 11 is 0. The van der Waals surface area contributed by atoms with E-state index in [1.54, 1.807) is 0 Å². The average molecular weight is 348 g/mol. The lowest BCUT2D eigenvalue weighted by Gasteiger charge is -2.27. The third kappa shape index (κ3) is 7.72. The molecule has 1 aromatic carbocycles. The SMILES string of the molecule is CCCCC(C(=O)OCc1ccccc1)C(CC)C(=O)OC(C)(C)C. The molecule has 0 amide bonds. The molecular weight excluding hydrogens is 316 g/mol. The number of benzene rings is 1. The van der Waals surface area contributed by atoms with E-state index in [1.165, 1.54) is 0 Å². The first kappa shape index (κ1) is 21.2. The lowest BCUT2D eigenvalue weighted by molar-refractivity contribution is -0.169. The first-order chi connectivity index (χ1) is 11.8. The summed E-state index contributed by atoms with van der Waals surface area (Å²) < 4.78 is 11.0. The lowest BCUT2D eigenvalue weighted by atomic mass is 9.86. The second kappa shape index (κ2) is 10.2. The summed E-state index contributed by atoms with van der Waals surface area (Å²) in [5, 5.41) is 0. The molecule has 25 heavy (non-hydrogen) atoms. The quantitative estimate of drug-likeness (QED) is 0.595. The Hall–Kier alpha value is -1.84. The van der Waals surface area contributed by atoms with Crippen LogP contribution in [0.1, 0.15) is 65.9 Å². The van der Waals surface area contributed by atoms with Crippen molar-refractivity contribution < 1.29 is 19.1 Å². The zero-order valence-electron chi connectivity index (χ0n) is 16.2. The van der Waals surface area contributed by atoms with Crippen LogP contribution in [-0.4, -0.2) is 17.5 Å². The maximum Gasteiger partial charge on any atom is 0.310 e. The van der Waals surface area contributed by atoms with E-state index in [-0.39, 0.29) is 18.5 Å². The minimum Gasteiger partial charge on any atom is -0.461 e. The Bertz CT molecular complexity index is 531. The minimum atomic E-state index is -0.562. The van der Waals surface area contributed by atoms with E-state index >= 15 is 0 Å². The molecule has 2 unspecified atom stereocenters. The van der Waals surface area contributed by atoms with Crippen LogP contribution in [0.15, 0.2) is 30.3 Å². The fraction of sp³-hybridized carbons (Fsp3) is 0.619. The molecule has 1 rings (SSSR count). The van der Waals surface area contributed by atoms with Crippen LogP contribution in [0.4, 0.5) is 0 Å². The van der Waals surface area contributed by atoms with Crippen LogP contribution in [0.5, 0.6) is 0 Å². The smallest absolute Gasteiger partial charge is 0.310 e. The van der Waals surface area contributed by atoms with Gasteiger partial charge in [-0.15, -0.1) is 0 Å². The number of rotatable bonds is 9. The zero-order chi connectivity index (χ0) is 18.9. The average Bonchev–Trinajstić information content (AvgIpc) is 2.55. The summed E-state index contributed by atoms with van der Waals surface area (Å²) in [5.41, 5.74) is 0.378. The van der Waals surface area contributed by atoms with E-state index in [0.29, 0.717) is 12.8 Å². The number of carbonyl (C=O) groups is 2. The highest BCUT2D eigenvalue weighted by Gasteiger charge is 2.36. The lowest BCUT2D eigenvalue weighted by Crippen LogP contribution is -2.36. The summed E-state index contributed by atoms with van der Waals surface area (Å²) in [4.78, 5) is 25.2. The van der Waals surface area contributed by atoms with Crippen molar-refractivity contribution in [3.05, 3.63) is 35.9 Å². The highest BCUT2D eigenvalue weighted by Crippen LogP contribution is 2.27. The first-order valence-corrected chi connectivity index (χ1v) is 9.21. The van der Waals surface area contributed by atoms with Gasteiger partial charge in [-0.3, -0.25) is 9.59 Å². The van der Waals surface area contributed by atoms with Crippen molar-refractivity contribution in [1.82, 2.24) is 0 Å². The molecular formula is C21H32O4. The number of hydrogen-bond donors (Lipinski definition) is 0. The number of ether oxygens (including phenoxy) is 2. The van der Waals surface area contributed by atoms with Crippen molar-refractivity contribution >= 4 is 11.9 Å². The van der Waals surface area contributed by atoms with Gasteiger partial charge in [-0.25, -0.2) is 0 Å². The fourth-order valence-corrected chi connectivity index (χ4v) is 2.74. The second-order valence-electron chi connectivity index (χ2n) is 7.39. The summed E-state index contributed by atoms with van der Waals surface area (Å²) in [7, 11) is 0. The molecule has 0 saturated heterocycles. The van der Waals surface area contributed by atoms with Crippen LogP contribution in [0.3, 0.4) is 0 Å². The molecule has 4 nitrogen and oxygen atoms in total. The van der Waals surface area contributed by atoms with Crippen molar-refractivity contribution in [1.29, 1.82) is 0 Å². The standard InChI is InChI=1S/C21H32O4/c1-6-8-14-18(17(7-2)20(23)25-21(3,4)5)19(22)24-15-16-12-10-9-11-13-16/h9-13,17-18H,6-8,14-15H2,1-5H3. The normalized spacial score (nSPS) is 13.8. The topological polar surface area (TPSA) is 52.6 Å². The second-order valence-corrected chi connectivity index (χ2v) is 7.39. The van der Waals surface area contributed by atoms with Gasteiger partial charge in [-0.05, 0) is 39.2 Å². The van der Waals surface area contributed by atoms with Crippen LogP contribution in [-0.2, 0) is 25.7 Å². The Morgan fingerprint density at radius 1 is 1.00 bits per heavy atom. The Morgan fingerprint density at radius 2 is 1.64 bits per heavy atom. The van der Waals surface area contributed by atoms with Gasteiger partial charge in [0.15, 0.2) is 0 Å². The molecule has 4 heteroatoms. The Labute approximate surface area is 151 Å². The number of esters is 2. The Balaban J connectivity index is 2.81. The van der Waals surface area contributed by atoms with E-state index in [2.05, 4.69) is 6.92 Å². The Kier molecular flexibility index (Phi) is 8.67. The molecule has 0 bridgehead atoms. The van der Waals surface area contributed by atoms with Gasteiger partial charge in [0.1, 0.15) is 12.2 Å². The molecule has 0 saturated carbocycles. The van der Waals surface area contributed by atoms with Crippen LogP contribution in [0.2, 0.25) is 0 Å². The number of carbonyl (C=O) groups excluding carboxylic acids is 2. The molecule has 0 heterocycles. The highest BCUT2D eigenvalue weighted by atomic mass is 16.6. The summed E-state index contributed by atoms with van der Waals surface area (Å²) in [6, 6.07) is 9.57. The van der Waals surface area contributed by atoms with Crippen molar-refractivity contribution in [2.45, 2.75) is 72.5 Å². The van der Waals surface area contributed by atoms with Crippen molar-refractivity contribution in [2.24, 2.45) is 11.8 Å². The molecule has 0 aliphatic rings. The van der Waals surface area contributed by atoms with Gasteiger partial charge in [0.25, 0.3) is 0 Å². The minimum absolute atomic E-state index is 0.229. The van der Waals surface area contributed by atoms with Crippen molar-refractivity contribution in [2.75, 3.05) is 0 Å². The first-order valence-electron chi connectivity index (χ1n) is 9.21.